The number of ether oxygens (including phenoxy) is 1. The van der Waals surface area contributed by atoms with E-state index in [4.69, 9.17) is 10.5 Å². The Kier molecular flexibility index (Phi) is 3.23. The topological polar surface area (TPSA) is 38.5 Å². The number of piperidine rings is 2. The van der Waals surface area contributed by atoms with Gasteiger partial charge in [-0.2, -0.15) is 0 Å². The standard InChI is InChI=1S/C18H26N2O/c1-21-17-7-3-2-5-13(17)10-18-8-4-6-16-14(11-18)9-15(19)12-20(16)18/h2-3,5,7,14-16H,4,6,8-12,19H2,1H3. The number of methoxy groups -OCH3 is 1. The lowest BCUT2D eigenvalue weighted by Gasteiger charge is -2.48. The normalized spacial score (nSPS) is 41.0. The fraction of sp³-hybridized carbons (Fsp3) is 0.667. The first-order valence-electron chi connectivity index (χ1n) is 8.36. The minimum atomic E-state index is 0.344. The van der Waals surface area contributed by atoms with Crippen molar-refractivity contribution in [1.29, 1.82) is 0 Å². The van der Waals surface area contributed by atoms with Gasteiger partial charge in [-0.1, -0.05) is 24.6 Å². The van der Waals surface area contributed by atoms with Gasteiger partial charge in [0.2, 0.25) is 0 Å². The van der Waals surface area contributed by atoms with Crippen LogP contribution in [0.4, 0.5) is 0 Å². The highest BCUT2D eigenvalue weighted by molar-refractivity contribution is 5.35. The Morgan fingerprint density at radius 2 is 2.24 bits per heavy atom. The maximum Gasteiger partial charge on any atom is 0.122 e. The SMILES string of the molecule is COc1ccccc1CC12CCCC3C(CC(N)CN31)C2. The van der Waals surface area contributed by atoms with Crippen LogP contribution in [0.25, 0.3) is 0 Å². The van der Waals surface area contributed by atoms with E-state index >= 15 is 0 Å². The summed E-state index contributed by atoms with van der Waals surface area (Å²) in [5.74, 6) is 1.87. The average molecular weight is 286 g/mol. The Bertz CT molecular complexity index is 532. The molecular formula is C18H26N2O. The summed E-state index contributed by atoms with van der Waals surface area (Å²) in [6, 6.07) is 9.70. The molecular weight excluding hydrogens is 260 g/mol. The molecule has 2 N–H and O–H groups in total. The third kappa shape index (κ3) is 2.09. The van der Waals surface area contributed by atoms with Crippen molar-refractivity contribution in [3.63, 3.8) is 0 Å². The Balaban J connectivity index is 1.67. The quantitative estimate of drug-likeness (QED) is 0.928. The van der Waals surface area contributed by atoms with E-state index in [-0.39, 0.29) is 0 Å². The summed E-state index contributed by atoms with van der Waals surface area (Å²) in [6.45, 7) is 1.09. The predicted octanol–water partition coefficient (Wildman–Crippen LogP) is 2.58. The molecule has 0 radical (unpaired) electrons. The first-order valence-corrected chi connectivity index (χ1v) is 8.36. The van der Waals surface area contributed by atoms with Crippen molar-refractivity contribution in [3.05, 3.63) is 29.8 Å². The van der Waals surface area contributed by atoms with Crippen LogP contribution < -0.4 is 10.5 Å². The van der Waals surface area contributed by atoms with Crippen LogP contribution in [0.3, 0.4) is 0 Å². The zero-order chi connectivity index (χ0) is 14.4. The molecule has 3 aliphatic heterocycles. The second-order valence-electron chi connectivity index (χ2n) is 7.28. The molecule has 0 spiro atoms. The number of benzene rings is 1. The number of hydrogen-bond acceptors (Lipinski definition) is 3. The second kappa shape index (κ2) is 4.99. The summed E-state index contributed by atoms with van der Waals surface area (Å²) in [6.07, 6.45) is 7.77. The lowest BCUT2D eigenvalue weighted by molar-refractivity contribution is 0.0279. The van der Waals surface area contributed by atoms with E-state index < -0.39 is 0 Å². The van der Waals surface area contributed by atoms with E-state index in [1.807, 2.05) is 0 Å². The van der Waals surface area contributed by atoms with Crippen LogP contribution in [0, 0.1) is 5.92 Å². The van der Waals surface area contributed by atoms with Crippen LogP contribution in [0.2, 0.25) is 0 Å². The van der Waals surface area contributed by atoms with Gasteiger partial charge in [0.15, 0.2) is 0 Å². The molecule has 0 amide bonds. The van der Waals surface area contributed by atoms with Gasteiger partial charge in [-0.25, -0.2) is 0 Å². The van der Waals surface area contributed by atoms with Crippen molar-refractivity contribution in [3.8, 4) is 5.75 Å². The molecule has 3 heterocycles. The summed E-state index contributed by atoms with van der Waals surface area (Å²) in [5.41, 5.74) is 8.01. The van der Waals surface area contributed by atoms with Crippen molar-refractivity contribution in [2.75, 3.05) is 13.7 Å². The molecule has 5 unspecified atom stereocenters. The first kappa shape index (κ1) is 13.6. The van der Waals surface area contributed by atoms with E-state index in [1.54, 1.807) is 7.11 Å². The highest BCUT2D eigenvalue weighted by Crippen LogP contribution is 2.52. The molecule has 21 heavy (non-hydrogen) atoms. The Labute approximate surface area is 127 Å². The summed E-state index contributed by atoms with van der Waals surface area (Å²) < 4.78 is 5.58. The molecule has 3 nitrogen and oxygen atoms in total. The van der Waals surface area contributed by atoms with Crippen molar-refractivity contribution in [2.24, 2.45) is 11.7 Å². The summed E-state index contributed by atoms with van der Waals surface area (Å²) in [7, 11) is 1.78. The largest absolute Gasteiger partial charge is 0.496 e. The van der Waals surface area contributed by atoms with E-state index in [9.17, 15) is 0 Å². The fourth-order valence-corrected chi connectivity index (χ4v) is 5.38. The van der Waals surface area contributed by atoms with Gasteiger partial charge in [-0.15, -0.1) is 0 Å². The summed E-state index contributed by atoms with van der Waals surface area (Å²) in [4.78, 5) is 2.78. The molecule has 3 heteroatoms. The first-order chi connectivity index (χ1) is 10.2. The number of nitrogens with zero attached hydrogens (tertiary/aromatic N) is 1. The van der Waals surface area contributed by atoms with Gasteiger partial charge in [0.25, 0.3) is 0 Å². The molecule has 1 aromatic rings. The molecule has 0 aliphatic carbocycles. The Hall–Kier alpha value is -1.06. The van der Waals surface area contributed by atoms with Crippen LogP contribution in [0.1, 0.15) is 37.7 Å². The van der Waals surface area contributed by atoms with Gasteiger partial charge >= 0.3 is 0 Å². The lowest BCUT2D eigenvalue weighted by Crippen LogP contribution is -2.57. The third-order valence-corrected chi connectivity index (χ3v) is 6.09. The predicted molar refractivity (Wildman–Crippen MR) is 84.5 cm³/mol. The van der Waals surface area contributed by atoms with Crippen LogP contribution >= 0.6 is 0 Å². The van der Waals surface area contributed by atoms with Crippen molar-refractivity contribution in [1.82, 2.24) is 4.90 Å². The zero-order valence-electron chi connectivity index (χ0n) is 12.9. The van der Waals surface area contributed by atoms with Crippen LogP contribution in [-0.2, 0) is 6.42 Å². The van der Waals surface area contributed by atoms with E-state index in [0.717, 1.165) is 30.7 Å². The molecule has 4 bridgehead atoms. The molecule has 5 atom stereocenters. The van der Waals surface area contributed by atoms with Crippen molar-refractivity contribution < 1.29 is 4.74 Å². The number of para-hydroxylation sites is 1. The highest BCUT2D eigenvalue weighted by Gasteiger charge is 2.56. The molecule has 1 aromatic carbocycles. The average Bonchev–Trinajstić information content (AvgIpc) is 2.63. The monoisotopic (exact) mass is 286 g/mol. The smallest absolute Gasteiger partial charge is 0.122 e. The lowest BCUT2D eigenvalue weighted by atomic mass is 9.82. The highest BCUT2D eigenvalue weighted by atomic mass is 16.5. The molecule has 3 aliphatic rings. The molecule has 0 saturated carbocycles. The van der Waals surface area contributed by atoms with Gasteiger partial charge in [0.05, 0.1) is 7.11 Å². The van der Waals surface area contributed by atoms with Gasteiger partial charge in [0, 0.05) is 24.2 Å². The van der Waals surface area contributed by atoms with Gasteiger partial charge in [-0.3, -0.25) is 4.90 Å². The van der Waals surface area contributed by atoms with E-state index in [0.29, 0.717) is 11.6 Å². The molecule has 114 valence electrons. The van der Waals surface area contributed by atoms with Crippen molar-refractivity contribution in [2.45, 2.75) is 56.1 Å². The summed E-state index contributed by atoms with van der Waals surface area (Å²) >= 11 is 0. The van der Waals surface area contributed by atoms with Crippen molar-refractivity contribution >= 4 is 0 Å². The minimum Gasteiger partial charge on any atom is -0.496 e. The van der Waals surface area contributed by atoms with E-state index in [1.165, 1.54) is 37.7 Å². The third-order valence-electron chi connectivity index (χ3n) is 6.09. The minimum absolute atomic E-state index is 0.344. The van der Waals surface area contributed by atoms with Crippen LogP contribution in [-0.4, -0.2) is 36.2 Å². The number of nitrogens with two attached hydrogens (primary N) is 1. The Morgan fingerprint density at radius 1 is 1.38 bits per heavy atom. The second-order valence-corrected chi connectivity index (χ2v) is 7.28. The van der Waals surface area contributed by atoms with Crippen LogP contribution in [0.5, 0.6) is 5.75 Å². The van der Waals surface area contributed by atoms with Crippen LogP contribution in [0.15, 0.2) is 24.3 Å². The molecule has 3 saturated heterocycles. The maximum atomic E-state index is 6.30. The molecule has 4 rings (SSSR count). The van der Waals surface area contributed by atoms with Gasteiger partial charge in [-0.05, 0) is 49.7 Å². The fourth-order valence-electron chi connectivity index (χ4n) is 5.38. The summed E-state index contributed by atoms with van der Waals surface area (Å²) in [5, 5.41) is 0. The van der Waals surface area contributed by atoms with E-state index in [2.05, 4.69) is 29.2 Å². The number of hydrogen-bond donors (Lipinski definition) is 1. The number of rotatable bonds is 3. The zero-order valence-corrected chi connectivity index (χ0v) is 12.9. The molecule has 0 aromatic heterocycles. The van der Waals surface area contributed by atoms with Gasteiger partial charge < -0.3 is 10.5 Å². The molecule has 3 fully saturated rings. The maximum absolute atomic E-state index is 6.30. The van der Waals surface area contributed by atoms with Gasteiger partial charge in [0.1, 0.15) is 5.75 Å². The Morgan fingerprint density at radius 3 is 3.10 bits per heavy atom.